The van der Waals surface area contributed by atoms with Crippen molar-refractivity contribution in [1.29, 1.82) is 0 Å². The molecule has 0 unspecified atom stereocenters. The van der Waals surface area contributed by atoms with Crippen LogP contribution in [0, 0.1) is 5.82 Å². The molecule has 4 nitrogen and oxygen atoms in total. The van der Waals surface area contributed by atoms with Crippen LogP contribution < -0.4 is 4.74 Å². The molecule has 0 aliphatic heterocycles. The first-order valence-electron chi connectivity index (χ1n) is 5.75. The van der Waals surface area contributed by atoms with Gasteiger partial charge in [0.2, 0.25) is 12.1 Å². The first-order valence-corrected chi connectivity index (χ1v) is 5.75. The molecule has 100 valence electrons. The van der Waals surface area contributed by atoms with E-state index in [4.69, 9.17) is 14.2 Å². The zero-order valence-corrected chi connectivity index (χ0v) is 10.7. The topological polar surface area (TPSA) is 44.8 Å². The van der Waals surface area contributed by atoms with E-state index in [-0.39, 0.29) is 11.3 Å². The van der Waals surface area contributed by atoms with Crippen molar-refractivity contribution in [1.82, 2.24) is 0 Å². The zero-order valence-electron chi connectivity index (χ0n) is 10.7. The van der Waals surface area contributed by atoms with E-state index in [0.717, 1.165) is 0 Å². The highest BCUT2D eigenvalue weighted by molar-refractivity contribution is 5.99. The van der Waals surface area contributed by atoms with Gasteiger partial charge < -0.3 is 14.2 Å². The Bertz CT molecular complexity index is 400. The van der Waals surface area contributed by atoms with Crippen LogP contribution in [0.4, 0.5) is 4.39 Å². The van der Waals surface area contributed by atoms with Crippen LogP contribution in [-0.4, -0.2) is 32.4 Å². The van der Waals surface area contributed by atoms with Gasteiger partial charge in [-0.25, -0.2) is 4.39 Å². The minimum atomic E-state index is -1.08. The number of halogens is 1. The van der Waals surface area contributed by atoms with Crippen molar-refractivity contribution in [2.24, 2.45) is 0 Å². The van der Waals surface area contributed by atoms with E-state index in [1.807, 2.05) is 0 Å². The molecule has 0 atom stereocenters. The summed E-state index contributed by atoms with van der Waals surface area (Å²) in [5.74, 6) is -1.22. The first-order chi connectivity index (χ1) is 8.65. The van der Waals surface area contributed by atoms with Crippen LogP contribution in [0.5, 0.6) is 5.75 Å². The van der Waals surface area contributed by atoms with Gasteiger partial charge >= 0.3 is 0 Å². The fraction of sp³-hybridized carbons (Fsp3) is 0.462. The van der Waals surface area contributed by atoms with Gasteiger partial charge in [0.25, 0.3) is 0 Å². The molecule has 1 aromatic carbocycles. The van der Waals surface area contributed by atoms with Crippen molar-refractivity contribution in [3.8, 4) is 5.75 Å². The maximum atomic E-state index is 13.9. The van der Waals surface area contributed by atoms with Gasteiger partial charge in [-0.05, 0) is 26.0 Å². The van der Waals surface area contributed by atoms with E-state index in [1.165, 1.54) is 19.2 Å². The van der Waals surface area contributed by atoms with Crippen molar-refractivity contribution >= 4 is 5.78 Å². The molecule has 0 saturated heterocycles. The number of ether oxygens (including phenoxy) is 3. The molecule has 0 fully saturated rings. The highest BCUT2D eigenvalue weighted by atomic mass is 19.1. The molecule has 5 heteroatoms. The van der Waals surface area contributed by atoms with E-state index in [0.29, 0.717) is 13.2 Å². The smallest absolute Gasteiger partial charge is 0.222 e. The number of hydrogen-bond acceptors (Lipinski definition) is 4. The summed E-state index contributed by atoms with van der Waals surface area (Å²) >= 11 is 0. The Kier molecular flexibility index (Phi) is 5.74. The monoisotopic (exact) mass is 256 g/mol. The molecule has 0 bridgehead atoms. The van der Waals surface area contributed by atoms with Crippen LogP contribution in [0.2, 0.25) is 0 Å². The predicted octanol–water partition coefficient (Wildman–Crippen LogP) is 2.42. The number of Topliss-reactive ketones (excluding diaryl/α,β-unsaturated/α-hetero) is 1. The largest absolute Gasteiger partial charge is 0.494 e. The maximum Gasteiger partial charge on any atom is 0.222 e. The second-order valence-electron chi connectivity index (χ2n) is 3.43. The van der Waals surface area contributed by atoms with Gasteiger partial charge in [-0.1, -0.05) is 6.07 Å². The maximum absolute atomic E-state index is 13.9. The fourth-order valence-corrected chi connectivity index (χ4v) is 1.49. The number of ketones is 1. The zero-order chi connectivity index (χ0) is 13.5. The number of methoxy groups -OCH3 is 1. The van der Waals surface area contributed by atoms with Gasteiger partial charge in [-0.15, -0.1) is 0 Å². The summed E-state index contributed by atoms with van der Waals surface area (Å²) in [6, 6.07) is 4.37. The summed E-state index contributed by atoms with van der Waals surface area (Å²) in [6.45, 7) is 4.09. The van der Waals surface area contributed by atoms with E-state index >= 15 is 0 Å². The molecule has 0 heterocycles. The molecule has 0 aliphatic carbocycles. The molecular weight excluding hydrogens is 239 g/mol. The number of carbonyl (C=O) groups is 1. The van der Waals surface area contributed by atoms with Crippen molar-refractivity contribution in [3.63, 3.8) is 0 Å². The summed E-state index contributed by atoms with van der Waals surface area (Å²) in [6.07, 6.45) is -1.08. The molecule has 0 amide bonds. The predicted molar refractivity (Wildman–Crippen MR) is 64.3 cm³/mol. The lowest BCUT2D eigenvalue weighted by Gasteiger charge is -2.16. The number of rotatable bonds is 7. The summed E-state index contributed by atoms with van der Waals surface area (Å²) in [5.41, 5.74) is -0.0961. The third-order valence-corrected chi connectivity index (χ3v) is 2.30. The van der Waals surface area contributed by atoms with Crippen molar-refractivity contribution in [3.05, 3.63) is 29.6 Å². The Balaban J connectivity index is 3.00. The average Bonchev–Trinajstić information content (AvgIpc) is 2.38. The number of hydrogen-bond donors (Lipinski definition) is 0. The molecule has 0 radical (unpaired) electrons. The minimum absolute atomic E-state index is 0.0209. The van der Waals surface area contributed by atoms with Gasteiger partial charge in [0.05, 0.1) is 12.7 Å². The summed E-state index contributed by atoms with van der Waals surface area (Å²) in [7, 11) is 1.34. The Hall–Kier alpha value is -1.46. The summed E-state index contributed by atoms with van der Waals surface area (Å²) in [5, 5.41) is 0. The Morgan fingerprint density at radius 1 is 1.28 bits per heavy atom. The van der Waals surface area contributed by atoms with Crippen molar-refractivity contribution in [2.75, 3.05) is 20.3 Å². The standard InChI is InChI=1S/C13H17FO4/c1-4-17-13(18-5-2)12(15)9-7-6-8-10(16-3)11(9)14/h6-8,13H,4-5H2,1-3H3. The number of benzene rings is 1. The fourth-order valence-electron chi connectivity index (χ4n) is 1.49. The molecule has 0 aliphatic rings. The first kappa shape index (κ1) is 14.6. The van der Waals surface area contributed by atoms with Crippen LogP contribution in [0.3, 0.4) is 0 Å². The second-order valence-corrected chi connectivity index (χ2v) is 3.43. The van der Waals surface area contributed by atoms with Crippen LogP contribution in [0.25, 0.3) is 0 Å². The Labute approximate surface area is 106 Å². The van der Waals surface area contributed by atoms with Crippen LogP contribution >= 0.6 is 0 Å². The normalized spacial score (nSPS) is 10.7. The average molecular weight is 256 g/mol. The van der Waals surface area contributed by atoms with Crippen LogP contribution in [-0.2, 0) is 9.47 Å². The van der Waals surface area contributed by atoms with E-state index < -0.39 is 17.9 Å². The summed E-state index contributed by atoms with van der Waals surface area (Å²) < 4.78 is 29.0. The molecule has 0 aromatic heterocycles. The highest BCUT2D eigenvalue weighted by Gasteiger charge is 2.25. The molecule has 0 spiro atoms. The van der Waals surface area contributed by atoms with Crippen LogP contribution in [0.1, 0.15) is 24.2 Å². The Morgan fingerprint density at radius 2 is 1.89 bits per heavy atom. The summed E-state index contributed by atoms with van der Waals surface area (Å²) in [4.78, 5) is 12.1. The van der Waals surface area contributed by atoms with Gasteiger partial charge in [0, 0.05) is 13.2 Å². The SMILES string of the molecule is CCOC(OCC)C(=O)c1cccc(OC)c1F. The third kappa shape index (κ3) is 3.27. The van der Waals surface area contributed by atoms with Crippen LogP contribution in [0.15, 0.2) is 18.2 Å². The molecular formula is C13H17FO4. The van der Waals surface area contributed by atoms with Crippen molar-refractivity contribution < 1.29 is 23.4 Å². The number of carbonyl (C=O) groups excluding carboxylic acids is 1. The lowest BCUT2D eigenvalue weighted by Crippen LogP contribution is -2.28. The Morgan fingerprint density at radius 3 is 2.39 bits per heavy atom. The van der Waals surface area contributed by atoms with Gasteiger partial charge in [0.1, 0.15) is 0 Å². The van der Waals surface area contributed by atoms with E-state index in [2.05, 4.69) is 0 Å². The highest BCUT2D eigenvalue weighted by Crippen LogP contribution is 2.21. The lowest BCUT2D eigenvalue weighted by molar-refractivity contribution is -0.107. The molecule has 1 rings (SSSR count). The second kappa shape index (κ2) is 7.08. The minimum Gasteiger partial charge on any atom is -0.494 e. The van der Waals surface area contributed by atoms with Gasteiger partial charge in [0.15, 0.2) is 11.6 Å². The third-order valence-electron chi connectivity index (χ3n) is 2.30. The van der Waals surface area contributed by atoms with E-state index in [9.17, 15) is 9.18 Å². The lowest BCUT2D eigenvalue weighted by atomic mass is 10.1. The molecule has 18 heavy (non-hydrogen) atoms. The van der Waals surface area contributed by atoms with Crippen molar-refractivity contribution in [2.45, 2.75) is 20.1 Å². The van der Waals surface area contributed by atoms with Gasteiger partial charge in [-0.2, -0.15) is 0 Å². The quantitative estimate of drug-likeness (QED) is 0.555. The van der Waals surface area contributed by atoms with E-state index in [1.54, 1.807) is 19.9 Å². The molecule has 0 N–H and O–H groups in total. The molecule has 1 aromatic rings. The van der Waals surface area contributed by atoms with Gasteiger partial charge in [-0.3, -0.25) is 4.79 Å². The molecule has 0 saturated carbocycles.